The highest BCUT2D eigenvalue weighted by atomic mass is 79.9. The molecule has 1 saturated carbocycles. The molecule has 3 heteroatoms. The summed E-state index contributed by atoms with van der Waals surface area (Å²) in [5, 5.41) is 0. The molecule has 0 amide bonds. The molecule has 0 unspecified atom stereocenters. The Kier molecular flexibility index (Phi) is 2.91. The molecular weight excluding hydrogens is 278 g/mol. The van der Waals surface area contributed by atoms with Crippen LogP contribution in [0.3, 0.4) is 0 Å². The molecule has 1 aromatic rings. The number of nitrogens with two attached hydrogens (primary N) is 1. The van der Waals surface area contributed by atoms with E-state index in [4.69, 9.17) is 10.5 Å². The zero-order valence-corrected chi connectivity index (χ0v) is 11.6. The monoisotopic (exact) mass is 295 g/mol. The normalized spacial score (nSPS) is 21.3. The van der Waals surface area contributed by atoms with E-state index < -0.39 is 0 Å². The van der Waals surface area contributed by atoms with Crippen molar-refractivity contribution in [3.05, 3.63) is 27.7 Å². The van der Waals surface area contributed by atoms with Gasteiger partial charge >= 0.3 is 0 Å². The highest BCUT2D eigenvalue weighted by Gasteiger charge is 2.35. The van der Waals surface area contributed by atoms with Crippen molar-refractivity contribution < 1.29 is 4.74 Å². The van der Waals surface area contributed by atoms with Crippen LogP contribution in [0.15, 0.2) is 16.6 Å². The SMILES string of the molecule is NCC1(c2cc(Br)c3c(c2)CCO3)CCCC1. The van der Waals surface area contributed by atoms with Gasteiger partial charge in [0.1, 0.15) is 5.75 Å². The third-order valence-electron chi connectivity index (χ3n) is 4.30. The van der Waals surface area contributed by atoms with Gasteiger partial charge in [0, 0.05) is 18.4 Å². The van der Waals surface area contributed by atoms with Crippen LogP contribution in [0.5, 0.6) is 5.75 Å². The van der Waals surface area contributed by atoms with Gasteiger partial charge in [0.15, 0.2) is 0 Å². The molecule has 1 heterocycles. The van der Waals surface area contributed by atoms with Crippen molar-refractivity contribution in [3.8, 4) is 5.75 Å². The van der Waals surface area contributed by atoms with Gasteiger partial charge in [-0.1, -0.05) is 18.9 Å². The minimum atomic E-state index is 0.222. The van der Waals surface area contributed by atoms with Gasteiger partial charge in [0.05, 0.1) is 11.1 Å². The Morgan fingerprint density at radius 3 is 2.76 bits per heavy atom. The highest BCUT2D eigenvalue weighted by molar-refractivity contribution is 9.10. The van der Waals surface area contributed by atoms with E-state index in [9.17, 15) is 0 Å². The van der Waals surface area contributed by atoms with Crippen LogP contribution in [0.25, 0.3) is 0 Å². The van der Waals surface area contributed by atoms with E-state index in [0.29, 0.717) is 0 Å². The molecule has 2 N–H and O–H groups in total. The summed E-state index contributed by atoms with van der Waals surface area (Å²) in [5.41, 5.74) is 9.02. The Hall–Kier alpha value is -0.540. The standard InChI is InChI=1S/C14H18BrNO/c15-12-8-11(7-10-3-6-17-13(10)12)14(9-16)4-1-2-5-14/h7-8H,1-6,9,16H2. The number of benzene rings is 1. The first-order chi connectivity index (χ1) is 8.25. The fourth-order valence-electron chi connectivity index (χ4n) is 3.23. The first-order valence-corrected chi connectivity index (χ1v) is 7.20. The smallest absolute Gasteiger partial charge is 0.136 e. The number of hydrogen-bond donors (Lipinski definition) is 1. The van der Waals surface area contributed by atoms with Crippen LogP contribution >= 0.6 is 15.9 Å². The maximum Gasteiger partial charge on any atom is 0.136 e. The van der Waals surface area contributed by atoms with Crippen LogP contribution in [0, 0.1) is 0 Å². The molecule has 1 aromatic carbocycles. The lowest BCUT2D eigenvalue weighted by molar-refractivity contribution is 0.354. The van der Waals surface area contributed by atoms with Gasteiger partial charge in [-0.05, 0) is 46.0 Å². The largest absolute Gasteiger partial charge is 0.492 e. The van der Waals surface area contributed by atoms with Crippen LogP contribution in [0.4, 0.5) is 0 Å². The van der Waals surface area contributed by atoms with Crippen molar-refractivity contribution in [2.75, 3.05) is 13.2 Å². The number of hydrogen-bond acceptors (Lipinski definition) is 2. The lowest BCUT2D eigenvalue weighted by Gasteiger charge is -2.28. The predicted octanol–water partition coefficient (Wildman–Crippen LogP) is 3.15. The summed E-state index contributed by atoms with van der Waals surface area (Å²) in [6.07, 6.45) is 6.11. The van der Waals surface area contributed by atoms with E-state index in [1.807, 2.05) is 0 Å². The Balaban J connectivity index is 2.06. The molecule has 0 radical (unpaired) electrons. The second-order valence-corrected chi connectivity index (χ2v) is 6.09. The third-order valence-corrected chi connectivity index (χ3v) is 4.89. The summed E-state index contributed by atoms with van der Waals surface area (Å²) >= 11 is 3.63. The van der Waals surface area contributed by atoms with Crippen molar-refractivity contribution in [2.24, 2.45) is 5.73 Å². The fraction of sp³-hybridized carbons (Fsp3) is 0.571. The molecule has 0 spiro atoms. The summed E-state index contributed by atoms with van der Waals surface area (Å²) in [6.45, 7) is 1.58. The maximum atomic E-state index is 6.05. The van der Waals surface area contributed by atoms with Crippen molar-refractivity contribution in [1.82, 2.24) is 0 Å². The topological polar surface area (TPSA) is 35.2 Å². The van der Waals surface area contributed by atoms with Crippen molar-refractivity contribution in [3.63, 3.8) is 0 Å². The Bertz CT molecular complexity index is 438. The second-order valence-electron chi connectivity index (χ2n) is 5.24. The molecule has 1 aliphatic heterocycles. The van der Waals surface area contributed by atoms with Crippen LogP contribution in [-0.4, -0.2) is 13.2 Å². The van der Waals surface area contributed by atoms with Crippen molar-refractivity contribution in [1.29, 1.82) is 0 Å². The minimum Gasteiger partial charge on any atom is -0.492 e. The summed E-state index contributed by atoms with van der Waals surface area (Å²) in [7, 11) is 0. The Morgan fingerprint density at radius 1 is 1.29 bits per heavy atom. The number of rotatable bonds is 2. The first-order valence-electron chi connectivity index (χ1n) is 6.41. The summed E-state index contributed by atoms with van der Waals surface area (Å²) < 4.78 is 6.73. The number of halogens is 1. The Labute approximate surface area is 111 Å². The zero-order valence-electron chi connectivity index (χ0n) is 9.97. The van der Waals surface area contributed by atoms with Crippen molar-refractivity contribution >= 4 is 15.9 Å². The van der Waals surface area contributed by atoms with Crippen LogP contribution < -0.4 is 10.5 Å². The van der Waals surface area contributed by atoms with E-state index >= 15 is 0 Å². The average Bonchev–Trinajstić information content (AvgIpc) is 2.98. The summed E-state index contributed by atoms with van der Waals surface area (Å²) in [5.74, 6) is 1.04. The van der Waals surface area contributed by atoms with Crippen LogP contribution in [0.1, 0.15) is 36.8 Å². The highest BCUT2D eigenvalue weighted by Crippen LogP contribution is 2.44. The molecule has 92 valence electrons. The minimum absolute atomic E-state index is 0.222. The lowest BCUT2D eigenvalue weighted by atomic mass is 9.78. The fourth-order valence-corrected chi connectivity index (χ4v) is 3.85. The van der Waals surface area contributed by atoms with Gasteiger partial charge in [-0.3, -0.25) is 0 Å². The zero-order chi connectivity index (χ0) is 11.9. The second kappa shape index (κ2) is 4.29. The Morgan fingerprint density at radius 2 is 2.06 bits per heavy atom. The molecule has 0 bridgehead atoms. The lowest BCUT2D eigenvalue weighted by Crippen LogP contribution is -2.32. The van der Waals surface area contributed by atoms with Gasteiger partial charge in [-0.25, -0.2) is 0 Å². The maximum absolute atomic E-state index is 6.05. The van der Waals surface area contributed by atoms with E-state index in [0.717, 1.165) is 29.8 Å². The predicted molar refractivity (Wildman–Crippen MR) is 72.5 cm³/mol. The molecule has 0 aromatic heterocycles. The van der Waals surface area contributed by atoms with Gasteiger partial charge in [0.2, 0.25) is 0 Å². The average molecular weight is 296 g/mol. The molecule has 1 fully saturated rings. The molecule has 3 rings (SSSR count). The number of ether oxygens (including phenoxy) is 1. The molecule has 0 atom stereocenters. The first kappa shape index (κ1) is 11.5. The molecule has 2 nitrogen and oxygen atoms in total. The summed E-state index contributed by atoms with van der Waals surface area (Å²) in [6, 6.07) is 4.55. The van der Waals surface area contributed by atoms with Gasteiger partial charge in [0.25, 0.3) is 0 Å². The molecule has 2 aliphatic rings. The molecule has 1 aliphatic carbocycles. The van der Waals surface area contributed by atoms with E-state index in [-0.39, 0.29) is 5.41 Å². The number of fused-ring (bicyclic) bond motifs is 1. The van der Waals surface area contributed by atoms with Gasteiger partial charge in [-0.2, -0.15) is 0 Å². The van der Waals surface area contributed by atoms with Gasteiger partial charge < -0.3 is 10.5 Å². The molecular formula is C14H18BrNO. The third kappa shape index (κ3) is 1.80. The van der Waals surface area contributed by atoms with E-state index in [2.05, 4.69) is 28.1 Å². The van der Waals surface area contributed by atoms with Crippen LogP contribution in [0.2, 0.25) is 0 Å². The van der Waals surface area contributed by atoms with Gasteiger partial charge in [-0.15, -0.1) is 0 Å². The quantitative estimate of drug-likeness (QED) is 0.910. The summed E-state index contributed by atoms with van der Waals surface area (Å²) in [4.78, 5) is 0. The van der Waals surface area contributed by atoms with E-state index in [1.165, 1.54) is 36.8 Å². The van der Waals surface area contributed by atoms with Crippen molar-refractivity contribution in [2.45, 2.75) is 37.5 Å². The van der Waals surface area contributed by atoms with E-state index in [1.54, 1.807) is 0 Å². The molecule has 17 heavy (non-hydrogen) atoms. The molecule has 0 saturated heterocycles. The van der Waals surface area contributed by atoms with Crippen LogP contribution in [-0.2, 0) is 11.8 Å².